The molecule has 0 unspecified atom stereocenters. The summed E-state index contributed by atoms with van der Waals surface area (Å²) < 4.78 is 0. The van der Waals surface area contributed by atoms with Gasteiger partial charge in [-0.2, -0.15) is 0 Å². The van der Waals surface area contributed by atoms with Gasteiger partial charge in [0.25, 0.3) is 5.91 Å². The van der Waals surface area contributed by atoms with Crippen molar-refractivity contribution < 1.29 is 9.59 Å². The second kappa shape index (κ2) is 8.17. The van der Waals surface area contributed by atoms with Crippen LogP contribution >= 0.6 is 22.9 Å². The lowest BCUT2D eigenvalue weighted by Gasteiger charge is -2.07. The molecule has 3 rings (SSSR count). The molecular formula is C20H17ClN2O2S. The van der Waals surface area contributed by atoms with Crippen molar-refractivity contribution in [2.24, 2.45) is 0 Å². The van der Waals surface area contributed by atoms with Gasteiger partial charge in [-0.25, -0.2) is 0 Å². The molecular weight excluding hydrogens is 368 g/mol. The van der Waals surface area contributed by atoms with Crippen molar-refractivity contribution in [3.05, 3.63) is 76.1 Å². The molecule has 2 aromatic carbocycles. The molecule has 0 saturated heterocycles. The minimum Gasteiger partial charge on any atom is -0.347 e. The number of carbonyl (C=O) groups excluding carboxylic acids is 2. The summed E-state index contributed by atoms with van der Waals surface area (Å²) in [4.78, 5) is 25.2. The predicted molar refractivity (Wildman–Crippen MR) is 107 cm³/mol. The summed E-state index contributed by atoms with van der Waals surface area (Å²) in [6, 6.07) is 18.7. The Kier molecular flexibility index (Phi) is 5.71. The molecule has 2 amide bonds. The molecule has 1 aromatic heterocycles. The molecule has 0 fully saturated rings. The van der Waals surface area contributed by atoms with Crippen LogP contribution in [0, 0.1) is 0 Å². The van der Waals surface area contributed by atoms with Gasteiger partial charge < -0.3 is 10.6 Å². The van der Waals surface area contributed by atoms with Crippen molar-refractivity contribution >= 4 is 40.4 Å². The fourth-order valence-electron chi connectivity index (χ4n) is 2.46. The SMILES string of the molecule is CC(=O)Nc1cccc(CNC(=O)c2ccc(-c3ccc(Cl)cc3)s2)c1. The Labute approximate surface area is 160 Å². The van der Waals surface area contributed by atoms with Crippen molar-refractivity contribution in [1.29, 1.82) is 0 Å². The van der Waals surface area contributed by atoms with E-state index in [1.165, 1.54) is 18.3 Å². The van der Waals surface area contributed by atoms with E-state index in [9.17, 15) is 9.59 Å². The average molecular weight is 385 g/mol. The standard InChI is InChI=1S/C20H17ClN2O2S/c1-13(24)23-17-4-2-3-14(11-17)12-22-20(25)19-10-9-18(26-19)15-5-7-16(21)8-6-15/h2-11H,12H2,1H3,(H,22,25)(H,23,24). The first kappa shape index (κ1) is 18.2. The number of hydrogen-bond acceptors (Lipinski definition) is 3. The van der Waals surface area contributed by atoms with Gasteiger partial charge in [-0.3, -0.25) is 9.59 Å². The molecule has 0 saturated carbocycles. The number of amides is 2. The number of halogens is 1. The van der Waals surface area contributed by atoms with Crippen molar-refractivity contribution in [1.82, 2.24) is 5.32 Å². The minimum atomic E-state index is -0.125. The number of anilines is 1. The molecule has 3 aromatic rings. The van der Waals surface area contributed by atoms with Gasteiger partial charge >= 0.3 is 0 Å². The van der Waals surface area contributed by atoms with Crippen LogP contribution in [-0.4, -0.2) is 11.8 Å². The van der Waals surface area contributed by atoms with Gasteiger partial charge in [0.05, 0.1) is 4.88 Å². The molecule has 0 bridgehead atoms. The summed E-state index contributed by atoms with van der Waals surface area (Å²) in [5.74, 6) is -0.250. The predicted octanol–water partition coefficient (Wildman–Crippen LogP) is 4.96. The highest BCUT2D eigenvalue weighted by Crippen LogP contribution is 2.29. The number of nitrogens with one attached hydrogen (secondary N) is 2. The van der Waals surface area contributed by atoms with Crippen LogP contribution in [0.1, 0.15) is 22.2 Å². The van der Waals surface area contributed by atoms with Crippen LogP contribution in [0.4, 0.5) is 5.69 Å². The first-order valence-electron chi connectivity index (χ1n) is 8.02. The van der Waals surface area contributed by atoms with Crippen molar-refractivity contribution in [3.63, 3.8) is 0 Å². The molecule has 26 heavy (non-hydrogen) atoms. The Morgan fingerprint density at radius 3 is 2.54 bits per heavy atom. The Morgan fingerprint density at radius 2 is 1.81 bits per heavy atom. The van der Waals surface area contributed by atoms with Gasteiger partial charge in [0.2, 0.25) is 5.91 Å². The lowest BCUT2D eigenvalue weighted by molar-refractivity contribution is -0.114. The Hall–Kier alpha value is -2.63. The van der Waals surface area contributed by atoms with Gasteiger partial charge in [0.15, 0.2) is 0 Å². The molecule has 1 heterocycles. The molecule has 0 atom stereocenters. The normalized spacial score (nSPS) is 10.4. The molecule has 6 heteroatoms. The molecule has 4 nitrogen and oxygen atoms in total. The smallest absolute Gasteiger partial charge is 0.261 e. The van der Waals surface area contributed by atoms with E-state index in [4.69, 9.17) is 11.6 Å². The maximum atomic E-state index is 12.4. The second-order valence-corrected chi connectivity index (χ2v) is 7.26. The summed E-state index contributed by atoms with van der Waals surface area (Å²) in [5.41, 5.74) is 2.66. The van der Waals surface area contributed by atoms with E-state index >= 15 is 0 Å². The van der Waals surface area contributed by atoms with Gasteiger partial charge in [-0.05, 0) is 47.5 Å². The van der Waals surface area contributed by atoms with Crippen LogP contribution in [-0.2, 0) is 11.3 Å². The maximum absolute atomic E-state index is 12.4. The Bertz CT molecular complexity index is 935. The lowest BCUT2D eigenvalue weighted by atomic mass is 10.2. The summed E-state index contributed by atoms with van der Waals surface area (Å²) in [7, 11) is 0. The van der Waals surface area contributed by atoms with Crippen molar-refractivity contribution in [2.75, 3.05) is 5.32 Å². The fourth-order valence-corrected chi connectivity index (χ4v) is 3.51. The van der Waals surface area contributed by atoms with Gasteiger partial charge in [0.1, 0.15) is 0 Å². The zero-order valence-electron chi connectivity index (χ0n) is 14.1. The quantitative estimate of drug-likeness (QED) is 0.653. The third-order valence-electron chi connectivity index (χ3n) is 3.66. The third-order valence-corrected chi connectivity index (χ3v) is 5.04. The van der Waals surface area contributed by atoms with Gasteiger partial charge in [-0.1, -0.05) is 35.9 Å². The maximum Gasteiger partial charge on any atom is 0.261 e. The zero-order valence-corrected chi connectivity index (χ0v) is 15.7. The zero-order chi connectivity index (χ0) is 18.5. The Morgan fingerprint density at radius 1 is 1.04 bits per heavy atom. The number of thiophene rings is 1. The molecule has 0 spiro atoms. The van der Waals surface area contributed by atoms with Crippen LogP contribution in [0.3, 0.4) is 0 Å². The van der Waals surface area contributed by atoms with Crippen LogP contribution < -0.4 is 10.6 Å². The molecule has 0 radical (unpaired) electrons. The number of rotatable bonds is 5. The summed E-state index contributed by atoms with van der Waals surface area (Å²) in [6.45, 7) is 1.85. The van der Waals surface area contributed by atoms with Crippen molar-refractivity contribution in [2.45, 2.75) is 13.5 Å². The molecule has 2 N–H and O–H groups in total. The van der Waals surface area contributed by atoms with E-state index < -0.39 is 0 Å². The van der Waals surface area contributed by atoms with Gasteiger partial charge in [-0.15, -0.1) is 11.3 Å². The van der Waals surface area contributed by atoms with E-state index in [1.54, 1.807) is 0 Å². The lowest BCUT2D eigenvalue weighted by Crippen LogP contribution is -2.21. The second-order valence-electron chi connectivity index (χ2n) is 5.74. The number of benzene rings is 2. The summed E-state index contributed by atoms with van der Waals surface area (Å²) in [5, 5.41) is 6.32. The van der Waals surface area contributed by atoms with E-state index in [0.717, 1.165) is 16.0 Å². The van der Waals surface area contributed by atoms with Crippen LogP contribution in [0.15, 0.2) is 60.7 Å². The first-order valence-corrected chi connectivity index (χ1v) is 9.21. The first-order chi connectivity index (χ1) is 12.5. The van der Waals surface area contributed by atoms with E-state index in [1.807, 2.05) is 60.7 Å². The average Bonchev–Trinajstić information content (AvgIpc) is 3.10. The third kappa shape index (κ3) is 4.71. The highest BCUT2D eigenvalue weighted by atomic mass is 35.5. The van der Waals surface area contributed by atoms with E-state index in [2.05, 4.69) is 10.6 Å². The van der Waals surface area contributed by atoms with Crippen LogP contribution in [0.25, 0.3) is 10.4 Å². The van der Waals surface area contributed by atoms with Gasteiger partial charge in [0, 0.05) is 29.1 Å². The monoisotopic (exact) mass is 384 g/mol. The van der Waals surface area contributed by atoms with E-state index in [0.29, 0.717) is 22.1 Å². The van der Waals surface area contributed by atoms with Crippen LogP contribution in [0.5, 0.6) is 0 Å². The highest BCUT2D eigenvalue weighted by molar-refractivity contribution is 7.17. The molecule has 0 aliphatic rings. The summed E-state index contributed by atoms with van der Waals surface area (Å²) in [6.07, 6.45) is 0. The van der Waals surface area contributed by atoms with Crippen molar-refractivity contribution in [3.8, 4) is 10.4 Å². The minimum absolute atomic E-state index is 0.125. The largest absolute Gasteiger partial charge is 0.347 e. The highest BCUT2D eigenvalue weighted by Gasteiger charge is 2.10. The summed E-state index contributed by atoms with van der Waals surface area (Å²) >= 11 is 7.34. The topological polar surface area (TPSA) is 58.2 Å². The molecule has 0 aliphatic carbocycles. The number of hydrogen-bond donors (Lipinski definition) is 2. The number of carbonyl (C=O) groups is 2. The van der Waals surface area contributed by atoms with E-state index in [-0.39, 0.29) is 11.8 Å². The molecule has 0 aliphatic heterocycles. The Balaban J connectivity index is 1.64. The molecule has 132 valence electrons. The van der Waals surface area contributed by atoms with Crippen LogP contribution in [0.2, 0.25) is 5.02 Å². The fraction of sp³-hybridized carbons (Fsp3) is 0.100.